The number of sulfone groups is 1. The summed E-state index contributed by atoms with van der Waals surface area (Å²) >= 11 is 1.69. The van der Waals surface area contributed by atoms with Crippen LogP contribution in [0, 0.1) is 6.92 Å². The zero-order valence-electron chi connectivity index (χ0n) is 14.0. The average molecular weight is 373 g/mol. The van der Waals surface area contributed by atoms with Gasteiger partial charge in [-0.15, -0.1) is 0 Å². The number of fused-ring (bicyclic) bond motifs is 1. The summed E-state index contributed by atoms with van der Waals surface area (Å²) in [6, 6.07) is 18.1. The normalized spacial score (nSPS) is 24.2. The van der Waals surface area contributed by atoms with Crippen LogP contribution in [-0.4, -0.2) is 37.2 Å². The largest absolute Gasteiger partial charge is 0.315 e. The zero-order chi connectivity index (χ0) is 17.4. The fraction of sp³-hybridized carbons (Fsp3) is 0.316. The Morgan fingerprint density at radius 2 is 1.80 bits per heavy atom. The molecule has 2 aliphatic heterocycles. The highest BCUT2D eigenvalue weighted by Gasteiger charge is 2.47. The molecule has 1 saturated heterocycles. The Balaban J connectivity index is 1.62. The quantitative estimate of drug-likeness (QED) is 0.830. The Labute approximate surface area is 152 Å². The van der Waals surface area contributed by atoms with Gasteiger partial charge in [-0.2, -0.15) is 0 Å². The van der Waals surface area contributed by atoms with Crippen LogP contribution in [0.5, 0.6) is 0 Å². The van der Waals surface area contributed by atoms with E-state index in [-0.39, 0.29) is 23.6 Å². The second-order valence-corrected chi connectivity index (χ2v) is 9.64. The van der Waals surface area contributed by atoms with E-state index in [1.165, 1.54) is 11.1 Å². The van der Waals surface area contributed by atoms with Crippen molar-refractivity contribution in [3.63, 3.8) is 0 Å². The van der Waals surface area contributed by atoms with E-state index in [2.05, 4.69) is 30.0 Å². The Morgan fingerprint density at radius 3 is 2.56 bits per heavy atom. The highest BCUT2D eigenvalue weighted by Crippen LogP contribution is 2.35. The van der Waals surface area contributed by atoms with Crippen molar-refractivity contribution in [2.45, 2.75) is 24.8 Å². The van der Waals surface area contributed by atoms with Gasteiger partial charge in [-0.1, -0.05) is 54.2 Å². The molecule has 2 aromatic rings. The smallest absolute Gasteiger partial charge is 0.164 e. The average Bonchev–Trinajstić information content (AvgIpc) is 3.06. The number of benzene rings is 2. The van der Waals surface area contributed by atoms with Gasteiger partial charge in [0, 0.05) is 11.4 Å². The number of para-hydroxylation sites is 1. The summed E-state index contributed by atoms with van der Waals surface area (Å²) in [7, 11) is -3.00. The third-order valence-corrected chi connectivity index (χ3v) is 7.47. The van der Waals surface area contributed by atoms with Crippen LogP contribution in [0.4, 0.5) is 5.69 Å². The molecule has 2 atom stereocenters. The lowest BCUT2D eigenvalue weighted by atomic mass is 10.1. The first-order valence-electron chi connectivity index (χ1n) is 8.33. The molecule has 0 N–H and O–H groups in total. The molecule has 0 unspecified atom stereocenters. The molecule has 4 nitrogen and oxygen atoms in total. The number of hydrogen-bond donors (Lipinski definition) is 0. The lowest BCUT2D eigenvalue weighted by Crippen LogP contribution is -2.39. The first kappa shape index (κ1) is 16.7. The van der Waals surface area contributed by atoms with E-state index < -0.39 is 9.84 Å². The lowest BCUT2D eigenvalue weighted by Gasteiger charge is -2.26. The van der Waals surface area contributed by atoms with Crippen molar-refractivity contribution in [3.05, 3.63) is 65.7 Å². The molecular formula is C19H20N2O2S2. The van der Waals surface area contributed by atoms with Gasteiger partial charge in [0.1, 0.15) is 0 Å². The molecule has 2 aromatic carbocycles. The molecule has 0 aromatic heterocycles. The highest BCUT2D eigenvalue weighted by molar-refractivity contribution is 8.13. The van der Waals surface area contributed by atoms with Crippen molar-refractivity contribution in [1.29, 1.82) is 0 Å². The maximum atomic E-state index is 12.0. The van der Waals surface area contributed by atoms with Gasteiger partial charge in [-0.3, -0.25) is 4.99 Å². The van der Waals surface area contributed by atoms with E-state index in [4.69, 9.17) is 4.99 Å². The van der Waals surface area contributed by atoms with Gasteiger partial charge >= 0.3 is 0 Å². The number of nitrogens with zero attached hydrogens (tertiary/aromatic N) is 2. The van der Waals surface area contributed by atoms with Crippen molar-refractivity contribution >= 4 is 32.5 Å². The van der Waals surface area contributed by atoms with Crippen LogP contribution in [0.25, 0.3) is 0 Å². The Hall–Kier alpha value is -1.79. The SMILES string of the molecule is Cc1ccccc1CSC1=N[C@H]2CS(=O)(=O)C[C@H]2N1c1ccccc1. The predicted molar refractivity (Wildman–Crippen MR) is 105 cm³/mol. The molecule has 0 radical (unpaired) electrons. The Bertz CT molecular complexity index is 910. The molecular weight excluding hydrogens is 352 g/mol. The maximum Gasteiger partial charge on any atom is 0.164 e. The van der Waals surface area contributed by atoms with Crippen LogP contribution < -0.4 is 4.90 Å². The number of aryl methyl sites for hydroxylation is 1. The number of amidine groups is 1. The summed E-state index contributed by atoms with van der Waals surface area (Å²) < 4.78 is 24.1. The number of anilines is 1. The second-order valence-electron chi connectivity index (χ2n) is 6.54. The standard InChI is InChI=1S/C19H20N2O2S2/c1-14-7-5-6-8-15(14)11-24-19-20-17-12-25(22,23)13-18(17)21(19)16-9-3-2-4-10-16/h2-10,17-18H,11-13H2,1H3/t17-,18+/m0/s1. The van der Waals surface area contributed by atoms with Gasteiger partial charge in [0.25, 0.3) is 0 Å². The van der Waals surface area contributed by atoms with Gasteiger partial charge in [-0.25, -0.2) is 8.42 Å². The van der Waals surface area contributed by atoms with E-state index in [1.807, 2.05) is 36.4 Å². The summed E-state index contributed by atoms with van der Waals surface area (Å²) in [4.78, 5) is 6.90. The van der Waals surface area contributed by atoms with E-state index in [0.717, 1.165) is 16.6 Å². The van der Waals surface area contributed by atoms with E-state index in [1.54, 1.807) is 11.8 Å². The minimum atomic E-state index is -3.00. The molecule has 25 heavy (non-hydrogen) atoms. The summed E-state index contributed by atoms with van der Waals surface area (Å²) in [6.07, 6.45) is 0. The molecule has 2 aliphatic rings. The van der Waals surface area contributed by atoms with Crippen LogP contribution in [-0.2, 0) is 15.6 Å². The zero-order valence-corrected chi connectivity index (χ0v) is 15.6. The third kappa shape index (κ3) is 3.33. The predicted octanol–water partition coefficient (Wildman–Crippen LogP) is 3.27. The van der Waals surface area contributed by atoms with E-state index >= 15 is 0 Å². The van der Waals surface area contributed by atoms with Crippen LogP contribution in [0.15, 0.2) is 59.6 Å². The maximum absolute atomic E-state index is 12.0. The molecule has 2 heterocycles. The van der Waals surface area contributed by atoms with Crippen molar-refractivity contribution in [1.82, 2.24) is 0 Å². The van der Waals surface area contributed by atoms with Crippen molar-refractivity contribution in [2.75, 3.05) is 16.4 Å². The molecule has 0 saturated carbocycles. The van der Waals surface area contributed by atoms with Crippen LogP contribution >= 0.6 is 11.8 Å². The summed E-state index contributed by atoms with van der Waals surface area (Å²) in [5.41, 5.74) is 3.57. The molecule has 0 bridgehead atoms. The second kappa shape index (κ2) is 6.50. The minimum Gasteiger partial charge on any atom is -0.315 e. The van der Waals surface area contributed by atoms with Crippen LogP contribution in [0.2, 0.25) is 0 Å². The molecule has 0 amide bonds. The van der Waals surface area contributed by atoms with Gasteiger partial charge in [0.05, 0.1) is 23.6 Å². The fourth-order valence-electron chi connectivity index (χ4n) is 3.44. The highest BCUT2D eigenvalue weighted by atomic mass is 32.2. The van der Waals surface area contributed by atoms with E-state index in [0.29, 0.717) is 0 Å². The summed E-state index contributed by atoms with van der Waals surface area (Å²) in [5, 5.41) is 0.930. The Morgan fingerprint density at radius 1 is 1.08 bits per heavy atom. The van der Waals surface area contributed by atoms with Crippen molar-refractivity contribution < 1.29 is 8.42 Å². The minimum absolute atomic E-state index is 0.0771. The monoisotopic (exact) mass is 372 g/mol. The van der Waals surface area contributed by atoms with Gasteiger partial charge < -0.3 is 4.90 Å². The molecule has 4 rings (SSSR count). The van der Waals surface area contributed by atoms with Gasteiger partial charge in [-0.05, 0) is 30.2 Å². The van der Waals surface area contributed by atoms with Gasteiger partial charge in [0.15, 0.2) is 15.0 Å². The molecule has 0 spiro atoms. The number of thioether (sulfide) groups is 1. The van der Waals surface area contributed by atoms with E-state index in [9.17, 15) is 8.42 Å². The summed E-state index contributed by atoms with van der Waals surface area (Å²) in [6.45, 7) is 2.11. The lowest BCUT2D eigenvalue weighted by molar-refractivity contribution is 0.601. The molecule has 1 fully saturated rings. The third-order valence-electron chi connectivity index (χ3n) is 4.76. The number of hydrogen-bond acceptors (Lipinski definition) is 5. The van der Waals surface area contributed by atoms with Crippen LogP contribution in [0.3, 0.4) is 0 Å². The van der Waals surface area contributed by atoms with Gasteiger partial charge in [0.2, 0.25) is 0 Å². The molecule has 0 aliphatic carbocycles. The Kier molecular flexibility index (Phi) is 4.33. The molecule has 130 valence electrons. The molecule has 6 heteroatoms. The van der Waals surface area contributed by atoms with Crippen molar-refractivity contribution in [2.24, 2.45) is 4.99 Å². The number of aliphatic imine (C=N–C) groups is 1. The fourth-order valence-corrected chi connectivity index (χ4v) is 6.48. The van der Waals surface area contributed by atoms with Crippen LogP contribution in [0.1, 0.15) is 11.1 Å². The van der Waals surface area contributed by atoms with Crippen molar-refractivity contribution in [3.8, 4) is 0 Å². The first-order valence-corrected chi connectivity index (χ1v) is 11.1. The number of rotatable bonds is 3. The topological polar surface area (TPSA) is 49.7 Å². The summed E-state index contributed by atoms with van der Waals surface area (Å²) in [5.74, 6) is 1.18. The first-order chi connectivity index (χ1) is 12.0.